The highest BCUT2D eigenvalue weighted by molar-refractivity contribution is 5.97. The molecule has 0 aliphatic rings. The van der Waals surface area contributed by atoms with Crippen molar-refractivity contribution in [2.45, 2.75) is 6.61 Å². The molecular weight excluding hydrogens is 274 g/mol. The Morgan fingerprint density at radius 2 is 1.95 bits per heavy atom. The van der Waals surface area contributed by atoms with Gasteiger partial charge in [-0.2, -0.15) is 0 Å². The fourth-order valence-corrected chi connectivity index (χ4v) is 1.75. The third-order valence-electron chi connectivity index (χ3n) is 2.79. The van der Waals surface area contributed by atoms with Crippen LogP contribution in [0, 0.1) is 10.1 Å². The van der Waals surface area contributed by atoms with Gasteiger partial charge in [0.05, 0.1) is 10.5 Å². The van der Waals surface area contributed by atoms with Gasteiger partial charge in [-0.15, -0.1) is 0 Å². The van der Waals surface area contributed by atoms with Crippen LogP contribution in [0.1, 0.15) is 15.9 Å². The lowest BCUT2D eigenvalue weighted by atomic mass is 10.1. The summed E-state index contributed by atoms with van der Waals surface area (Å²) in [5, 5.41) is 10.8. The van der Waals surface area contributed by atoms with E-state index in [1.807, 2.05) is 35.8 Å². The van der Waals surface area contributed by atoms with Crippen molar-refractivity contribution in [2.75, 3.05) is 0 Å². The van der Waals surface area contributed by atoms with Crippen molar-refractivity contribution in [1.29, 1.82) is 0 Å². The normalized spacial score (nSPS) is 9.95. The van der Waals surface area contributed by atoms with E-state index >= 15 is 0 Å². The Morgan fingerprint density at radius 1 is 1.24 bits per heavy atom. The molecule has 0 atom stereocenters. The van der Waals surface area contributed by atoms with Crippen LogP contribution in [0.3, 0.4) is 0 Å². The molecule has 0 saturated heterocycles. The number of nitro groups is 1. The number of hydrogen-bond donors (Lipinski definition) is 2. The van der Waals surface area contributed by atoms with Crippen LogP contribution in [0.5, 0.6) is 5.75 Å². The third-order valence-corrected chi connectivity index (χ3v) is 2.79. The van der Waals surface area contributed by atoms with Crippen molar-refractivity contribution in [3.63, 3.8) is 0 Å². The summed E-state index contributed by atoms with van der Waals surface area (Å²) >= 11 is 0. The van der Waals surface area contributed by atoms with Crippen LogP contribution < -0.4 is 16.0 Å². The van der Waals surface area contributed by atoms with Crippen molar-refractivity contribution >= 4 is 11.6 Å². The van der Waals surface area contributed by atoms with Gasteiger partial charge in [0.25, 0.3) is 11.6 Å². The van der Waals surface area contributed by atoms with Crippen molar-refractivity contribution < 1.29 is 14.5 Å². The monoisotopic (exact) mass is 287 g/mol. The molecule has 3 N–H and O–H groups in total. The highest BCUT2D eigenvalue weighted by Crippen LogP contribution is 2.25. The van der Waals surface area contributed by atoms with Crippen molar-refractivity contribution in [1.82, 2.24) is 5.43 Å². The minimum atomic E-state index is -0.651. The van der Waals surface area contributed by atoms with Gasteiger partial charge in [-0.05, 0) is 11.6 Å². The van der Waals surface area contributed by atoms with Crippen LogP contribution in [0.2, 0.25) is 0 Å². The Bertz CT molecular complexity index is 659. The number of hydrogen-bond acceptors (Lipinski definition) is 5. The third kappa shape index (κ3) is 3.54. The Balaban J connectivity index is 2.25. The molecule has 0 aromatic heterocycles. The number of nitro benzene ring substituents is 1. The molecule has 21 heavy (non-hydrogen) atoms. The summed E-state index contributed by atoms with van der Waals surface area (Å²) in [7, 11) is 0. The quantitative estimate of drug-likeness (QED) is 0.377. The largest absolute Gasteiger partial charge is 0.488 e. The van der Waals surface area contributed by atoms with Crippen molar-refractivity contribution in [3.8, 4) is 5.75 Å². The molecule has 2 aromatic rings. The number of nitrogens with one attached hydrogen (secondary N) is 1. The van der Waals surface area contributed by atoms with Crippen LogP contribution >= 0.6 is 0 Å². The average molecular weight is 287 g/mol. The van der Waals surface area contributed by atoms with Gasteiger partial charge < -0.3 is 4.74 Å². The van der Waals surface area contributed by atoms with Crippen LogP contribution in [0.15, 0.2) is 48.5 Å². The van der Waals surface area contributed by atoms with E-state index in [1.54, 1.807) is 0 Å². The Morgan fingerprint density at radius 3 is 2.57 bits per heavy atom. The second-order valence-corrected chi connectivity index (χ2v) is 4.19. The molecule has 0 heterocycles. The Hall–Kier alpha value is -2.93. The van der Waals surface area contributed by atoms with Crippen molar-refractivity contribution in [2.24, 2.45) is 5.84 Å². The molecule has 0 bridgehead atoms. The van der Waals surface area contributed by atoms with E-state index in [9.17, 15) is 14.9 Å². The summed E-state index contributed by atoms with van der Waals surface area (Å²) in [6, 6.07) is 13.1. The number of ether oxygens (including phenoxy) is 1. The minimum absolute atomic E-state index is 0.0163. The zero-order valence-corrected chi connectivity index (χ0v) is 11.0. The smallest absolute Gasteiger partial charge is 0.270 e. The van der Waals surface area contributed by atoms with Crippen LogP contribution in [-0.2, 0) is 6.61 Å². The van der Waals surface area contributed by atoms with Gasteiger partial charge in [0.15, 0.2) is 0 Å². The number of benzene rings is 2. The molecule has 2 rings (SSSR count). The molecule has 0 unspecified atom stereocenters. The highest BCUT2D eigenvalue weighted by Gasteiger charge is 2.17. The van der Waals surface area contributed by atoms with Crippen LogP contribution in [0.4, 0.5) is 5.69 Å². The first-order chi connectivity index (χ1) is 10.1. The Labute approximate surface area is 120 Å². The molecule has 0 aliphatic carbocycles. The lowest BCUT2D eigenvalue weighted by Crippen LogP contribution is -2.30. The summed E-state index contributed by atoms with van der Waals surface area (Å²) in [4.78, 5) is 21.8. The fourth-order valence-electron chi connectivity index (χ4n) is 1.75. The van der Waals surface area contributed by atoms with Gasteiger partial charge in [-0.1, -0.05) is 30.3 Å². The average Bonchev–Trinajstić information content (AvgIpc) is 2.52. The second kappa shape index (κ2) is 6.49. The molecule has 0 aliphatic heterocycles. The minimum Gasteiger partial charge on any atom is -0.488 e. The predicted molar refractivity (Wildman–Crippen MR) is 75.5 cm³/mol. The molecule has 1 amide bonds. The maximum absolute atomic E-state index is 11.7. The van der Waals surface area contributed by atoms with Crippen molar-refractivity contribution in [3.05, 3.63) is 69.8 Å². The number of hydrazine groups is 1. The van der Waals surface area contributed by atoms with E-state index in [-0.39, 0.29) is 23.6 Å². The zero-order valence-electron chi connectivity index (χ0n) is 11.0. The number of carbonyl (C=O) groups excluding carboxylic acids is 1. The summed E-state index contributed by atoms with van der Waals surface area (Å²) < 4.78 is 5.54. The summed E-state index contributed by atoms with van der Waals surface area (Å²) in [6.07, 6.45) is 0. The summed E-state index contributed by atoms with van der Waals surface area (Å²) in [5.74, 6) is 4.66. The fraction of sp³-hybridized carbons (Fsp3) is 0.0714. The number of amides is 1. The van der Waals surface area contributed by atoms with Gasteiger partial charge >= 0.3 is 0 Å². The number of nitrogens with two attached hydrogens (primary N) is 1. The number of carbonyl (C=O) groups is 1. The first kappa shape index (κ1) is 14.5. The number of rotatable bonds is 5. The van der Waals surface area contributed by atoms with E-state index in [1.165, 1.54) is 12.1 Å². The van der Waals surface area contributed by atoms with Gasteiger partial charge in [0.1, 0.15) is 12.4 Å². The van der Waals surface area contributed by atoms with E-state index < -0.39 is 10.8 Å². The zero-order chi connectivity index (χ0) is 15.2. The molecule has 0 radical (unpaired) electrons. The van der Waals surface area contributed by atoms with Crippen LogP contribution in [-0.4, -0.2) is 10.8 Å². The van der Waals surface area contributed by atoms with E-state index in [4.69, 9.17) is 10.6 Å². The van der Waals surface area contributed by atoms with Gasteiger partial charge in [-0.25, -0.2) is 5.84 Å². The molecule has 7 nitrogen and oxygen atoms in total. The van der Waals surface area contributed by atoms with Crippen LogP contribution in [0.25, 0.3) is 0 Å². The first-order valence-corrected chi connectivity index (χ1v) is 6.08. The molecule has 2 aromatic carbocycles. The van der Waals surface area contributed by atoms with Gasteiger partial charge in [0.2, 0.25) is 0 Å². The van der Waals surface area contributed by atoms with E-state index in [0.29, 0.717) is 0 Å². The number of nitrogens with zero attached hydrogens (tertiary/aromatic N) is 1. The lowest BCUT2D eigenvalue weighted by Gasteiger charge is -2.10. The standard InChI is InChI=1S/C14H13N3O4/c15-16-14(18)12-8-11(17(19)20)6-7-13(12)21-9-10-4-2-1-3-5-10/h1-8H,9,15H2,(H,16,18). The predicted octanol–water partition coefficient (Wildman–Crippen LogP) is 1.78. The molecule has 0 fully saturated rings. The van der Waals surface area contributed by atoms with Gasteiger partial charge in [-0.3, -0.25) is 20.3 Å². The van der Waals surface area contributed by atoms with E-state index in [0.717, 1.165) is 11.6 Å². The van der Waals surface area contributed by atoms with E-state index in [2.05, 4.69) is 0 Å². The molecule has 7 heteroatoms. The highest BCUT2D eigenvalue weighted by atomic mass is 16.6. The Kier molecular flexibility index (Phi) is 4.47. The first-order valence-electron chi connectivity index (χ1n) is 6.08. The lowest BCUT2D eigenvalue weighted by molar-refractivity contribution is -0.384. The molecule has 0 spiro atoms. The second-order valence-electron chi connectivity index (χ2n) is 4.19. The maximum atomic E-state index is 11.7. The van der Waals surface area contributed by atoms with Gasteiger partial charge in [0, 0.05) is 12.1 Å². The SMILES string of the molecule is NNC(=O)c1cc([N+](=O)[O-])ccc1OCc1ccccc1. The molecular formula is C14H13N3O4. The topological polar surface area (TPSA) is 107 Å². The molecule has 108 valence electrons. The molecule has 0 saturated carbocycles. The summed E-state index contributed by atoms with van der Waals surface area (Å²) in [6.45, 7) is 0.240. The summed E-state index contributed by atoms with van der Waals surface area (Å²) in [5.41, 5.74) is 2.67. The maximum Gasteiger partial charge on any atom is 0.270 e. The number of non-ortho nitro benzene ring substituents is 1. The number of nitrogen functional groups attached to an aromatic ring is 1.